The maximum atomic E-state index is 11.9. The fraction of sp³-hybridized carbons (Fsp3) is 0.0714. The van der Waals surface area contributed by atoms with E-state index in [0.717, 1.165) is 6.07 Å². The number of fused-ring (bicyclic) bond motifs is 1. The first kappa shape index (κ1) is 13.4. The van der Waals surface area contributed by atoms with Gasteiger partial charge in [0, 0.05) is 17.0 Å². The Morgan fingerprint density at radius 1 is 1.19 bits per heavy atom. The molecular formula is C14H8ClNO5. The summed E-state index contributed by atoms with van der Waals surface area (Å²) in [6, 6.07) is 5.33. The van der Waals surface area contributed by atoms with Gasteiger partial charge in [-0.1, -0.05) is 17.7 Å². The van der Waals surface area contributed by atoms with Gasteiger partial charge in [0.15, 0.2) is 17.8 Å². The molecule has 6 nitrogen and oxygen atoms in total. The van der Waals surface area contributed by atoms with E-state index in [2.05, 4.69) is 4.98 Å². The normalized spacial score (nSPS) is 14.6. The maximum Gasteiger partial charge on any atom is 0.290 e. The van der Waals surface area contributed by atoms with E-state index in [4.69, 9.17) is 16.3 Å². The molecule has 0 radical (unpaired) electrons. The van der Waals surface area contributed by atoms with Crippen LogP contribution in [0.2, 0.25) is 0 Å². The molecule has 3 rings (SSSR count). The molecule has 2 aromatic rings. The van der Waals surface area contributed by atoms with Crippen molar-refractivity contribution >= 4 is 34.0 Å². The van der Waals surface area contributed by atoms with Gasteiger partial charge in [-0.3, -0.25) is 14.4 Å². The number of H-pyrrole nitrogens is 1. The van der Waals surface area contributed by atoms with Crippen molar-refractivity contribution in [3.05, 3.63) is 55.4 Å². The highest BCUT2D eigenvalue weighted by molar-refractivity contribution is 6.46. The number of ether oxygens (including phenoxy) is 1. The number of rotatable bonds is 1. The minimum atomic E-state index is -0.789. The Hall–Kier alpha value is -2.60. The minimum Gasteiger partial charge on any atom is -0.503 e. The Morgan fingerprint density at radius 2 is 1.95 bits per heavy atom. The Morgan fingerprint density at radius 3 is 2.62 bits per heavy atom. The van der Waals surface area contributed by atoms with Crippen LogP contribution in [-0.4, -0.2) is 22.5 Å². The minimum absolute atomic E-state index is 0.0257. The molecule has 0 bridgehead atoms. The number of carbonyl (C=O) groups is 1. The lowest BCUT2D eigenvalue weighted by atomic mass is 10.1. The molecule has 0 amide bonds. The molecule has 0 spiro atoms. The van der Waals surface area contributed by atoms with Crippen LogP contribution in [0.25, 0.3) is 16.7 Å². The second kappa shape index (κ2) is 4.75. The van der Waals surface area contributed by atoms with Gasteiger partial charge in [0.05, 0.1) is 5.52 Å². The number of halogens is 1. The topological polar surface area (TPSA) is 96.5 Å². The van der Waals surface area contributed by atoms with Gasteiger partial charge in [0.25, 0.3) is 5.56 Å². The molecule has 2 heterocycles. The fourth-order valence-electron chi connectivity index (χ4n) is 2.06. The standard InChI is InChI=1S/C14H8ClNO5/c15-12-11(19)5-21-13(12)6-1-2-7-8(3-6)16-14(20)10(18)4-9(7)17/h1-4,18H,5H2,(H,16,20). The van der Waals surface area contributed by atoms with E-state index in [0.29, 0.717) is 5.56 Å². The van der Waals surface area contributed by atoms with E-state index in [1.807, 2.05) is 0 Å². The number of ketones is 1. The van der Waals surface area contributed by atoms with Crippen molar-refractivity contribution in [3.63, 3.8) is 0 Å². The summed E-state index contributed by atoms with van der Waals surface area (Å²) in [6.45, 7) is -0.140. The molecule has 0 atom stereocenters. The van der Waals surface area contributed by atoms with Crippen LogP contribution in [0, 0.1) is 0 Å². The van der Waals surface area contributed by atoms with Gasteiger partial charge in [-0.05, 0) is 12.1 Å². The highest BCUT2D eigenvalue weighted by Gasteiger charge is 2.24. The van der Waals surface area contributed by atoms with Crippen molar-refractivity contribution in [2.75, 3.05) is 6.61 Å². The quantitative estimate of drug-likeness (QED) is 0.822. The number of Topliss-reactive ketones (excluding diaryl/α,β-unsaturated/α-hetero) is 1. The zero-order valence-corrected chi connectivity index (χ0v) is 11.2. The number of hydrogen-bond acceptors (Lipinski definition) is 5. The summed E-state index contributed by atoms with van der Waals surface area (Å²) in [5, 5.41) is 9.58. The number of aromatic nitrogens is 1. The third kappa shape index (κ3) is 2.19. The van der Waals surface area contributed by atoms with Crippen LogP contribution >= 0.6 is 11.6 Å². The number of aromatic hydroxyl groups is 1. The highest BCUT2D eigenvalue weighted by Crippen LogP contribution is 2.29. The summed E-state index contributed by atoms with van der Waals surface area (Å²) >= 11 is 5.86. The van der Waals surface area contributed by atoms with Crippen molar-refractivity contribution in [2.45, 2.75) is 0 Å². The lowest BCUT2D eigenvalue weighted by Gasteiger charge is -2.03. The summed E-state index contributed by atoms with van der Waals surface area (Å²) in [4.78, 5) is 37.2. The molecule has 1 aromatic heterocycles. The Kier molecular flexibility index (Phi) is 3.03. The van der Waals surface area contributed by atoms with Crippen LogP contribution in [0.4, 0.5) is 0 Å². The largest absolute Gasteiger partial charge is 0.503 e. The highest BCUT2D eigenvalue weighted by atomic mass is 35.5. The van der Waals surface area contributed by atoms with Gasteiger partial charge in [0.1, 0.15) is 10.8 Å². The smallest absolute Gasteiger partial charge is 0.290 e. The molecular weight excluding hydrogens is 298 g/mol. The third-order valence-corrected chi connectivity index (χ3v) is 3.47. The van der Waals surface area contributed by atoms with Crippen LogP contribution < -0.4 is 11.0 Å². The predicted molar refractivity (Wildman–Crippen MR) is 76.2 cm³/mol. The van der Waals surface area contributed by atoms with Crippen LogP contribution in [0.1, 0.15) is 5.56 Å². The van der Waals surface area contributed by atoms with Crippen molar-refractivity contribution in [3.8, 4) is 5.75 Å². The first-order chi connectivity index (χ1) is 9.97. The lowest BCUT2D eigenvalue weighted by Crippen LogP contribution is -2.00. The zero-order chi connectivity index (χ0) is 15.1. The van der Waals surface area contributed by atoms with Gasteiger partial charge < -0.3 is 14.8 Å². The number of hydrogen-bond donors (Lipinski definition) is 2. The molecule has 0 aliphatic carbocycles. The van der Waals surface area contributed by atoms with E-state index in [-0.39, 0.29) is 34.1 Å². The molecule has 0 fully saturated rings. The zero-order valence-electron chi connectivity index (χ0n) is 10.5. The van der Waals surface area contributed by atoms with Gasteiger partial charge in [-0.25, -0.2) is 0 Å². The Labute approximate surface area is 122 Å². The Balaban J connectivity index is 2.32. The second-order valence-corrected chi connectivity index (χ2v) is 4.84. The molecule has 0 unspecified atom stereocenters. The summed E-state index contributed by atoms with van der Waals surface area (Å²) in [5.74, 6) is -0.795. The van der Waals surface area contributed by atoms with Gasteiger partial charge in [-0.2, -0.15) is 0 Å². The van der Waals surface area contributed by atoms with Crippen LogP contribution in [0.15, 0.2) is 38.9 Å². The van der Waals surface area contributed by atoms with Crippen molar-refractivity contribution in [1.29, 1.82) is 0 Å². The van der Waals surface area contributed by atoms with E-state index in [9.17, 15) is 19.5 Å². The summed E-state index contributed by atoms with van der Waals surface area (Å²) < 4.78 is 5.20. The van der Waals surface area contributed by atoms with Crippen LogP contribution in [-0.2, 0) is 9.53 Å². The molecule has 7 heteroatoms. The number of benzene rings is 1. The maximum absolute atomic E-state index is 11.9. The first-order valence-electron chi connectivity index (χ1n) is 5.94. The molecule has 1 aliphatic rings. The first-order valence-corrected chi connectivity index (χ1v) is 6.31. The van der Waals surface area contributed by atoms with E-state index in [1.165, 1.54) is 12.1 Å². The molecule has 0 saturated carbocycles. The molecule has 1 aliphatic heterocycles. The van der Waals surface area contributed by atoms with Gasteiger partial charge >= 0.3 is 0 Å². The van der Waals surface area contributed by atoms with E-state index in [1.54, 1.807) is 6.07 Å². The van der Waals surface area contributed by atoms with E-state index < -0.39 is 16.7 Å². The monoisotopic (exact) mass is 305 g/mol. The van der Waals surface area contributed by atoms with Crippen molar-refractivity contribution in [2.24, 2.45) is 0 Å². The van der Waals surface area contributed by atoms with Crippen molar-refractivity contribution < 1.29 is 14.6 Å². The van der Waals surface area contributed by atoms with Crippen molar-refractivity contribution in [1.82, 2.24) is 4.98 Å². The van der Waals surface area contributed by atoms with E-state index >= 15 is 0 Å². The lowest BCUT2D eigenvalue weighted by molar-refractivity contribution is -0.115. The summed E-state index contributed by atoms with van der Waals surface area (Å²) in [5.41, 5.74) is -0.625. The predicted octanol–water partition coefficient (Wildman–Crippen LogP) is 1.10. The fourth-order valence-corrected chi connectivity index (χ4v) is 2.28. The molecule has 0 saturated heterocycles. The summed E-state index contributed by atoms with van der Waals surface area (Å²) in [7, 11) is 0. The van der Waals surface area contributed by atoms with Gasteiger partial charge in [0.2, 0.25) is 5.78 Å². The molecule has 1 aromatic carbocycles. The third-order valence-electron chi connectivity index (χ3n) is 3.09. The number of aromatic amines is 1. The number of nitrogens with one attached hydrogen (secondary N) is 1. The SMILES string of the molecule is O=C1COC(c2ccc3c(=O)cc(O)c(=O)[nH]c3c2)=C1Cl. The Bertz CT molecular complexity index is 929. The van der Waals surface area contributed by atoms with Gasteiger partial charge in [-0.15, -0.1) is 0 Å². The molecule has 106 valence electrons. The van der Waals surface area contributed by atoms with Crippen LogP contribution in [0.5, 0.6) is 5.75 Å². The average Bonchev–Trinajstić information content (AvgIpc) is 2.73. The molecule has 2 N–H and O–H groups in total. The second-order valence-electron chi connectivity index (χ2n) is 4.46. The summed E-state index contributed by atoms with van der Waals surface area (Å²) in [6.07, 6.45) is 0. The van der Waals surface area contributed by atoms with Crippen LogP contribution in [0.3, 0.4) is 0 Å². The molecule has 21 heavy (non-hydrogen) atoms. The average molecular weight is 306 g/mol. The number of carbonyl (C=O) groups excluding carboxylic acids is 1.